The Hall–Kier alpha value is -3.16. The number of aryl methyl sites for hydroxylation is 2. The molecule has 1 atom stereocenters. The van der Waals surface area contributed by atoms with Crippen LogP contribution in [0.25, 0.3) is 0 Å². The molecule has 0 aliphatic heterocycles. The lowest BCUT2D eigenvalue weighted by atomic mass is 9.99. The van der Waals surface area contributed by atoms with E-state index in [-0.39, 0.29) is 17.6 Å². The number of aromatic hydroxyl groups is 1. The summed E-state index contributed by atoms with van der Waals surface area (Å²) in [6.45, 7) is 1.56. The van der Waals surface area contributed by atoms with Gasteiger partial charge in [0.2, 0.25) is 5.88 Å². The second-order valence-corrected chi connectivity index (χ2v) is 6.76. The van der Waals surface area contributed by atoms with Crippen molar-refractivity contribution in [2.45, 2.75) is 31.9 Å². The van der Waals surface area contributed by atoms with E-state index < -0.39 is 17.5 Å². The predicted octanol–water partition coefficient (Wildman–Crippen LogP) is 4.87. The van der Waals surface area contributed by atoms with Gasteiger partial charge in [0.1, 0.15) is 11.5 Å². The highest BCUT2D eigenvalue weighted by Gasteiger charge is 2.31. The van der Waals surface area contributed by atoms with Crippen molar-refractivity contribution in [3.63, 3.8) is 0 Å². The molecule has 0 saturated heterocycles. The highest BCUT2D eigenvalue weighted by atomic mass is 19.4. The zero-order valence-electron chi connectivity index (χ0n) is 14.8. The summed E-state index contributed by atoms with van der Waals surface area (Å²) in [5.74, 6) is -0.173. The van der Waals surface area contributed by atoms with Gasteiger partial charge in [0, 0.05) is 5.92 Å². The summed E-state index contributed by atoms with van der Waals surface area (Å²) in [4.78, 5) is 13.5. The van der Waals surface area contributed by atoms with Crippen LogP contribution in [0.2, 0.25) is 0 Å². The fourth-order valence-electron chi connectivity index (χ4n) is 3.57. The summed E-state index contributed by atoms with van der Waals surface area (Å²) in [5.41, 5.74) is 1.54. The van der Waals surface area contributed by atoms with Gasteiger partial charge in [-0.2, -0.15) is 13.2 Å². The molecule has 0 radical (unpaired) electrons. The third-order valence-electron chi connectivity index (χ3n) is 4.90. The minimum Gasteiger partial charge on any atom is -0.492 e. The van der Waals surface area contributed by atoms with Crippen LogP contribution in [-0.4, -0.2) is 10.1 Å². The molecule has 28 heavy (non-hydrogen) atoms. The Morgan fingerprint density at radius 1 is 1.21 bits per heavy atom. The Morgan fingerprint density at radius 2 is 2.00 bits per heavy atom. The van der Waals surface area contributed by atoms with Gasteiger partial charge >= 0.3 is 11.9 Å². The maximum absolute atomic E-state index is 12.8. The van der Waals surface area contributed by atoms with Gasteiger partial charge in [-0.05, 0) is 66.8 Å². The molecule has 146 valence electrons. The van der Waals surface area contributed by atoms with Crippen LogP contribution in [0.4, 0.5) is 13.2 Å². The predicted molar refractivity (Wildman–Crippen MR) is 93.9 cm³/mol. The number of ether oxygens (including phenoxy) is 1. The summed E-state index contributed by atoms with van der Waals surface area (Å²) in [5, 5.41) is 9.82. The zero-order chi connectivity index (χ0) is 20.1. The molecule has 1 heterocycles. The third-order valence-corrected chi connectivity index (χ3v) is 4.90. The van der Waals surface area contributed by atoms with Crippen molar-refractivity contribution in [3.05, 3.63) is 75.0 Å². The van der Waals surface area contributed by atoms with Crippen molar-refractivity contribution >= 4 is 0 Å². The van der Waals surface area contributed by atoms with E-state index >= 15 is 0 Å². The van der Waals surface area contributed by atoms with Crippen molar-refractivity contribution in [1.29, 1.82) is 0 Å². The summed E-state index contributed by atoms with van der Waals surface area (Å²) in [6.07, 6.45) is -3.05. The van der Waals surface area contributed by atoms with E-state index in [1.165, 1.54) is 6.07 Å². The Labute approximate surface area is 157 Å². The number of fused-ring (bicyclic) bond motifs is 1. The van der Waals surface area contributed by atoms with Gasteiger partial charge in [-0.15, -0.1) is 0 Å². The number of rotatable bonds is 3. The molecule has 1 aromatic heterocycles. The van der Waals surface area contributed by atoms with Crippen molar-refractivity contribution in [2.24, 2.45) is 0 Å². The largest absolute Gasteiger partial charge is 0.492 e. The van der Waals surface area contributed by atoms with E-state index in [2.05, 4.69) is 4.98 Å². The molecule has 5 nitrogen and oxygen atoms in total. The number of hydrogen-bond acceptors (Lipinski definition) is 4. The van der Waals surface area contributed by atoms with Gasteiger partial charge in [-0.1, -0.05) is 6.07 Å². The molecule has 8 heteroatoms. The topological polar surface area (TPSA) is 75.5 Å². The lowest BCUT2D eigenvalue weighted by Crippen LogP contribution is -2.05. The average molecular weight is 391 g/mol. The number of aromatic amines is 1. The first-order valence-electron chi connectivity index (χ1n) is 8.63. The quantitative estimate of drug-likeness (QED) is 0.668. The Balaban J connectivity index is 1.59. The van der Waals surface area contributed by atoms with Crippen LogP contribution in [0.1, 0.15) is 40.4 Å². The smallest absolute Gasteiger partial charge is 0.419 e. The molecule has 0 unspecified atom stereocenters. The molecule has 3 aromatic rings. The van der Waals surface area contributed by atoms with Crippen molar-refractivity contribution in [3.8, 4) is 17.4 Å². The normalized spacial score (nSPS) is 16.2. The van der Waals surface area contributed by atoms with E-state index in [0.717, 1.165) is 23.3 Å². The SMILES string of the molecule is Cc1cc(C(F)(F)F)ccc1Oc1ccc2c(c1)CC[C@H]2c1oc(=O)[nH]c1O. The minimum absolute atomic E-state index is 0.205. The highest BCUT2D eigenvalue weighted by Crippen LogP contribution is 2.42. The van der Waals surface area contributed by atoms with Gasteiger partial charge in [0.15, 0.2) is 5.76 Å². The van der Waals surface area contributed by atoms with Gasteiger partial charge in [-0.3, -0.25) is 4.98 Å². The number of alkyl halides is 3. The van der Waals surface area contributed by atoms with Crippen molar-refractivity contribution in [2.75, 3.05) is 0 Å². The fourth-order valence-corrected chi connectivity index (χ4v) is 3.57. The highest BCUT2D eigenvalue weighted by molar-refractivity contribution is 5.47. The molecular weight excluding hydrogens is 375 g/mol. The molecule has 0 saturated carbocycles. The standard InChI is InChI=1S/C20H16F3NO4/c1-10-8-12(20(21,22)23)3-7-16(10)27-13-4-6-14-11(9-13)2-5-15(14)17-18(25)24-19(26)28-17/h3-4,6-9,15,25H,2,5H2,1H3,(H,24,26)/t15-/m1/s1. The van der Waals surface area contributed by atoms with Gasteiger partial charge in [0.05, 0.1) is 5.56 Å². The van der Waals surface area contributed by atoms with Gasteiger partial charge < -0.3 is 14.3 Å². The number of oxazole rings is 1. The number of H-pyrrole nitrogens is 1. The molecule has 1 aliphatic rings. The molecule has 0 bridgehead atoms. The zero-order valence-corrected chi connectivity index (χ0v) is 14.8. The molecule has 1 aliphatic carbocycles. The van der Waals surface area contributed by atoms with Crippen molar-refractivity contribution in [1.82, 2.24) is 4.98 Å². The van der Waals surface area contributed by atoms with Crippen LogP contribution < -0.4 is 10.5 Å². The number of aromatic nitrogens is 1. The molecule has 0 amide bonds. The minimum atomic E-state index is -4.40. The van der Waals surface area contributed by atoms with Crippen LogP contribution in [-0.2, 0) is 12.6 Å². The maximum Gasteiger partial charge on any atom is 0.419 e. The number of nitrogens with one attached hydrogen (secondary N) is 1. The molecule has 0 fully saturated rings. The first kappa shape index (κ1) is 18.2. The van der Waals surface area contributed by atoms with E-state index in [9.17, 15) is 23.1 Å². The van der Waals surface area contributed by atoms with E-state index in [0.29, 0.717) is 29.9 Å². The van der Waals surface area contributed by atoms with Gasteiger partial charge in [-0.25, -0.2) is 4.79 Å². The van der Waals surface area contributed by atoms with Crippen molar-refractivity contribution < 1.29 is 27.4 Å². The Bertz CT molecular complexity index is 1100. The summed E-state index contributed by atoms with van der Waals surface area (Å²) < 4.78 is 49.2. The molecule has 4 rings (SSSR count). The lowest BCUT2D eigenvalue weighted by Gasteiger charge is -2.13. The van der Waals surface area contributed by atoms with E-state index in [4.69, 9.17) is 9.15 Å². The number of hydrogen-bond donors (Lipinski definition) is 2. The fraction of sp³-hybridized carbons (Fsp3) is 0.250. The second-order valence-electron chi connectivity index (χ2n) is 6.76. The Kier molecular flexibility index (Phi) is 4.21. The first-order chi connectivity index (χ1) is 13.2. The molecular formula is C20H16F3NO4. The van der Waals surface area contributed by atoms with E-state index in [1.807, 2.05) is 12.1 Å². The van der Waals surface area contributed by atoms with Crippen LogP contribution in [0.5, 0.6) is 17.4 Å². The maximum atomic E-state index is 12.8. The molecule has 2 aromatic carbocycles. The summed E-state index contributed by atoms with van der Waals surface area (Å²) >= 11 is 0. The molecule has 0 spiro atoms. The average Bonchev–Trinajstić information content (AvgIpc) is 3.17. The lowest BCUT2D eigenvalue weighted by molar-refractivity contribution is -0.137. The van der Waals surface area contributed by atoms with Gasteiger partial charge in [0.25, 0.3) is 0 Å². The van der Waals surface area contributed by atoms with E-state index in [1.54, 1.807) is 13.0 Å². The number of benzene rings is 2. The molecule has 2 N–H and O–H groups in total. The van der Waals surface area contributed by atoms with Crippen LogP contribution >= 0.6 is 0 Å². The monoisotopic (exact) mass is 391 g/mol. The number of halogens is 3. The van der Waals surface area contributed by atoms with Crippen LogP contribution in [0.15, 0.2) is 45.6 Å². The second kappa shape index (κ2) is 6.47. The third kappa shape index (κ3) is 3.26. The summed E-state index contributed by atoms with van der Waals surface area (Å²) in [7, 11) is 0. The van der Waals surface area contributed by atoms with Crippen LogP contribution in [0.3, 0.4) is 0 Å². The summed E-state index contributed by atoms with van der Waals surface area (Å²) in [6, 6.07) is 8.68. The van der Waals surface area contributed by atoms with Crippen LogP contribution in [0, 0.1) is 6.92 Å². The first-order valence-corrected chi connectivity index (χ1v) is 8.63. The Morgan fingerprint density at radius 3 is 2.64 bits per heavy atom.